The van der Waals surface area contributed by atoms with Gasteiger partial charge in [0.25, 0.3) is 0 Å². The fraction of sp³-hybridized carbons (Fsp3) is 0.0714. The van der Waals surface area contributed by atoms with Gasteiger partial charge in [0.05, 0.1) is 0 Å². The van der Waals surface area contributed by atoms with Gasteiger partial charge in [0.1, 0.15) is 0 Å². The predicted octanol–water partition coefficient (Wildman–Crippen LogP) is 3.29. The van der Waals surface area contributed by atoms with Crippen LogP contribution in [0.1, 0.15) is 0 Å². The van der Waals surface area contributed by atoms with E-state index in [0.29, 0.717) is 0 Å². The van der Waals surface area contributed by atoms with Gasteiger partial charge in [-0.05, 0) is 36.4 Å². The van der Waals surface area contributed by atoms with Crippen molar-refractivity contribution in [2.45, 2.75) is 0 Å². The lowest BCUT2D eigenvalue weighted by Gasteiger charge is -2.19. The van der Waals surface area contributed by atoms with E-state index in [1.807, 2.05) is 42.5 Å². The molecule has 0 heterocycles. The quantitative estimate of drug-likeness (QED) is 0.654. The van der Waals surface area contributed by atoms with Gasteiger partial charge < -0.3 is 4.90 Å². The highest BCUT2D eigenvalue weighted by Gasteiger charge is 2.02. The molecule has 1 heteroatoms. The number of benzene rings is 1. The Morgan fingerprint density at radius 1 is 1.07 bits per heavy atom. The van der Waals surface area contributed by atoms with Crippen LogP contribution in [-0.2, 0) is 0 Å². The van der Waals surface area contributed by atoms with Crippen molar-refractivity contribution in [3.63, 3.8) is 0 Å². The molecule has 0 radical (unpaired) electrons. The molecule has 0 saturated carbocycles. The van der Waals surface area contributed by atoms with Gasteiger partial charge in [-0.3, -0.25) is 0 Å². The summed E-state index contributed by atoms with van der Waals surface area (Å²) in [5, 5.41) is 0. The highest BCUT2D eigenvalue weighted by Crippen LogP contribution is 2.17. The molecule has 0 amide bonds. The van der Waals surface area contributed by atoms with Gasteiger partial charge >= 0.3 is 0 Å². The molecule has 0 aliphatic heterocycles. The number of hydrogen-bond acceptors (Lipinski definition) is 1. The number of nitrogens with zero attached hydrogens (tertiary/aromatic N) is 1. The van der Waals surface area contributed by atoms with Gasteiger partial charge in [-0.1, -0.05) is 24.3 Å². The number of hydrogen-bond donors (Lipinski definition) is 0. The van der Waals surface area contributed by atoms with Gasteiger partial charge in [0.15, 0.2) is 0 Å². The van der Waals surface area contributed by atoms with Crippen molar-refractivity contribution in [3.8, 4) is 0 Å². The maximum Gasteiger partial charge on any atom is 0.0414 e. The highest BCUT2D eigenvalue weighted by molar-refractivity contribution is 5.54. The fourth-order valence-corrected chi connectivity index (χ4v) is 1.47. The minimum Gasteiger partial charge on any atom is -0.345 e. The summed E-state index contributed by atoms with van der Waals surface area (Å²) >= 11 is 0. The Kier molecular flexibility index (Phi) is 2.87. The first kappa shape index (κ1) is 9.57. The third-order valence-electron chi connectivity index (χ3n) is 2.34. The molecule has 0 aromatic heterocycles. The van der Waals surface area contributed by atoms with Crippen LogP contribution in [-0.4, -0.2) is 7.05 Å². The van der Waals surface area contributed by atoms with E-state index in [0.717, 1.165) is 5.70 Å². The molecule has 0 atom stereocenters. The molecule has 2 rings (SSSR count). The Balaban J connectivity index is 2.26. The third-order valence-corrected chi connectivity index (χ3v) is 2.34. The molecule has 1 aliphatic rings. The minimum atomic E-state index is 1.16. The summed E-state index contributed by atoms with van der Waals surface area (Å²) in [6, 6.07) is 10.3. The molecule has 1 aromatic rings. The lowest BCUT2D eigenvalue weighted by molar-refractivity contribution is 1.14. The maximum absolute atomic E-state index is 3.04. The van der Waals surface area contributed by atoms with Crippen LogP contribution in [0.2, 0.25) is 0 Å². The molecule has 0 saturated heterocycles. The van der Waals surface area contributed by atoms with Gasteiger partial charge in [0.2, 0.25) is 0 Å². The molecule has 0 fully saturated rings. The zero-order chi connectivity index (χ0) is 10.5. The van der Waals surface area contributed by atoms with Gasteiger partial charge in [-0.2, -0.15) is 0 Å². The van der Waals surface area contributed by atoms with Gasteiger partial charge in [-0.15, -0.1) is 5.73 Å². The molecule has 74 valence electrons. The second-order valence-electron chi connectivity index (χ2n) is 3.35. The van der Waals surface area contributed by atoms with E-state index in [1.165, 1.54) is 5.69 Å². The van der Waals surface area contributed by atoms with Crippen LogP contribution in [0.4, 0.5) is 5.69 Å². The van der Waals surface area contributed by atoms with E-state index in [2.05, 4.69) is 35.9 Å². The fourth-order valence-electron chi connectivity index (χ4n) is 1.47. The van der Waals surface area contributed by atoms with Crippen molar-refractivity contribution in [3.05, 3.63) is 72.1 Å². The van der Waals surface area contributed by atoms with E-state index < -0.39 is 0 Å². The van der Waals surface area contributed by atoms with Gasteiger partial charge in [-0.25, -0.2) is 0 Å². The zero-order valence-electron chi connectivity index (χ0n) is 8.72. The third kappa shape index (κ3) is 2.28. The monoisotopic (exact) mass is 195 g/mol. The first-order valence-electron chi connectivity index (χ1n) is 4.96. The molecule has 0 spiro atoms. The highest BCUT2D eigenvalue weighted by atomic mass is 15.1. The number of para-hydroxylation sites is 1. The summed E-state index contributed by atoms with van der Waals surface area (Å²) in [5.41, 5.74) is 5.38. The lowest BCUT2D eigenvalue weighted by Crippen LogP contribution is -2.14. The first-order valence-corrected chi connectivity index (χ1v) is 4.96. The second kappa shape index (κ2) is 4.50. The normalized spacial score (nSPS) is 13.5. The van der Waals surface area contributed by atoms with Crippen molar-refractivity contribution in [2.24, 2.45) is 0 Å². The molecule has 0 N–H and O–H groups in total. The molecular formula is C14H13N. The summed E-state index contributed by atoms with van der Waals surface area (Å²) < 4.78 is 0. The van der Waals surface area contributed by atoms with E-state index in [4.69, 9.17) is 0 Å². The summed E-state index contributed by atoms with van der Waals surface area (Å²) in [5.74, 6) is 0. The average molecular weight is 195 g/mol. The molecule has 15 heavy (non-hydrogen) atoms. The maximum atomic E-state index is 3.04. The van der Waals surface area contributed by atoms with E-state index in [1.54, 1.807) is 0 Å². The lowest BCUT2D eigenvalue weighted by atomic mass is 10.2. The van der Waals surface area contributed by atoms with Crippen LogP contribution in [0, 0.1) is 0 Å². The summed E-state index contributed by atoms with van der Waals surface area (Å²) in [7, 11) is 2.06. The van der Waals surface area contributed by atoms with Crippen LogP contribution in [0.25, 0.3) is 0 Å². The minimum absolute atomic E-state index is 1.16. The Morgan fingerprint density at radius 3 is 2.67 bits per heavy atom. The topological polar surface area (TPSA) is 3.24 Å². The van der Waals surface area contributed by atoms with Crippen molar-refractivity contribution in [1.82, 2.24) is 0 Å². The largest absolute Gasteiger partial charge is 0.345 e. The van der Waals surface area contributed by atoms with E-state index >= 15 is 0 Å². The summed E-state index contributed by atoms with van der Waals surface area (Å²) in [6.45, 7) is 0. The Hall–Kier alpha value is -1.98. The summed E-state index contributed by atoms with van der Waals surface area (Å²) in [6.07, 6.45) is 9.95. The Labute approximate surface area is 90.3 Å². The standard InChI is InChI=1S/C14H13N/c1-15(14-11-7-4-8-12-14)13-9-5-2-3-6-10-13/h2,4-12H,1H3. The number of rotatable bonds is 2. The van der Waals surface area contributed by atoms with Crippen LogP contribution < -0.4 is 4.90 Å². The van der Waals surface area contributed by atoms with Crippen LogP contribution >= 0.6 is 0 Å². The first-order chi connectivity index (χ1) is 7.38. The number of allylic oxidation sites excluding steroid dienone is 4. The SMILES string of the molecule is CN(C1=CC=C=CC=C1)c1ccccc1. The van der Waals surface area contributed by atoms with Crippen molar-refractivity contribution in [1.29, 1.82) is 0 Å². The smallest absolute Gasteiger partial charge is 0.0414 e. The molecule has 1 aliphatic carbocycles. The van der Waals surface area contributed by atoms with Gasteiger partial charge in [0, 0.05) is 18.4 Å². The van der Waals surface area contributed by atoms with Crippen LogP contribution in [0.5, 0.6) is 0 Å². The van der Waals surface area contributed by atoms with Crippen LogP contribution in [0.3, 0.4) is 0 Å². The Morgan fingerprint density at radius 2 is 1.87 bits per heavy atom. The molecular weight excluding hydrogens is 182 g/mol. The molecule has 1 aromatic carbocycles. The van der Waals surface area contributed by atoms with E-state index in [9.17, 15) is 0 Å². The average Bonchev–Trinajstić information content (AvgIpc) is 2.58. The number of likely N-dealkylation sites (N-methyl/N-ethyl adjacent to an activating group) is 1. The van der Waals surface area contributed by atoms with Crippen molar-refractivity contribution in [2.75, 3.05) is 11.9 Å². The zero-order valence-corrected chi connectivity index (χ0v) is 8.72. The van der Waals surface area contributed by atoms with Crippen molar-refractivity contribution >= 4 is 5.69 Å². The van der Waals surface area contributed by atoms with Crippen molar-refractivity contribution < 1.29 is 0 Å². The van der Waals surface area contributed by atoms with Crippen LogP contribution in [0.15, 0.2) is 72.1 Å². The van der Waals surface area contributed by atoms with E-state index in [-0.39, 0.29) is 0 Å². The Bertz CT molecular complexity index is 445. The second-order valence-corrected chi connectivity index (χ2v) is 3.35. The molecule has 0 bridgehead atoms. The number of anilines is 1. The molecule has 1 nitrogen and oxygen atoms in total. The molecule has 0 unspecified atom stereocenters. The summed E-state index contributed by atoms with van der Waals surface area (Å²) in [4.78, 5) is 2.15. The predicted molar refractivity (Wildman–Crippen MR) is 64.7 cm³/mol.